The molecule has 0 saturated heterocycles. The highest BCUT2D eigenvalue weighted by atomic mass is 16.4. The average molecular weight is 240 g/mol. The minimum Gasteiger partial charge on any atom is -0.478 e. The number of hydrogen-bond donors (Lipinski definition) is 1. The molecule has 0 aromatic heterocycles. The number of carboxylic acid groups (broad SMARTS) is 1. The first-order chi connectivity index (χ1) is 8.59. The molecule has 0 bridgehead atoms. The van der Waals surface area contributed by atoms with Crippen LogP contribution in [0, 0.1) is 0 Å². The van der Waals surface area contributed by atoms with Gasteiger partial charge in [0.25, 0.3) is 0 Å². The summed E-state index contributed by atoms with van der Waals surface area (Å²) in [6.45, 7) is 4.15. The second kappa shape index (κ2) is 5.05. The van der Waals surface area contributed by atoms with Gasteiger partial charge in [0.1, 0.15) is 0 Å². The number of hydrogen-bond acceptors (Lipinski definition) is 1. The molecule has 0 heterocycles. The van der Waals surface area contributed by atoms with Crippen molar-refractivity contribution in [2.45, 2.75) is 19.8 Å². The van der Waals surface area contributed by atoms with Crippen LogP contribution in [-0.4, -0.2) is 11.1 Å². The number of carbonyl (C=O) groups is 1. The predicted octanol–water partition coefficient (Wildman–Crippen LogP) is 4.18. The van der Waals surface area contributed by atoms with Crippen molar-refractivity contribution in [3.63, 3.8) is 0 Å². The summed E-state index contributed by atoms with van der Waals surface area (Å²) in [6, 6.07) is 15.4. The highest BCUT2D eigenvalue weighted by Crippen LogP contribution is 2.30. The van der Waals surface area contributed by atoms with Crippen LogP contribution in [0.2, 0.25) is 0 Å². The number of aromatic carboxylic acids is 1. The second-order valence-corrected chi connectivity index (χ2v) is 4.63. The van der Waals surface area contributed by atoms with Gasteiger partial charge in [0.2, 0.25) is 0 Å². The smallest absolute Gasteiger partial charge is 0.335 e. The Morgan fingerprint density at radius 3 is 2.28 bits per heavy atom. The molecule has 2 rings (SSSR count). The molecule has 18 heavy (non-hydrogen) atoms. The summed E-state index contributed by atoms with van der Waals surface area (Å²) >= 11 is 0. The van der Waals surface area contributed by atoms with Crippen LogP contribution in [0.15, 0.2) is 48.5 Å². The first kappa shape index (κ1) is 12.4. The molecule has 2 aromatic rings. The van der Waals surface area contributed by atoms with E-state index in [2.05, 4.69) is 13.8 Å². The average Bonchev–Trinajstić information content (AvgIpc) is 2.39. The molecule has 0 atom stereocenters. The van der Waals surface area contributed by atoms with Crippen molar-refractivity contribution in [1.82, 2.24) is 0 Å². The van der Waals surface area contributed by atoms with Crippen LogP contribution in [0.1, 0.15) is 35.7 Å². The normalized spacial score (nSPS) is 10.6. The van der Waals surface area contributed by atoms with Crippen molar-refractivity contribution >= 4 is 5.97 Å². The van der Waals surface area contributed by atoms with Crippen LogP contribution >= 0.6 is 0 Å². The van der Waals surface area contributed by atoms with E-state index in [1.165, 1.54) is 0 Å². The van der Waals surface area contributed by atoms with Crippen LogP contribution in [0.4, 0.5) is 0 Å². The fraction of sp³-hybridized carbons (Fsp3) is 0.188. The van der Waals surface area contributed by atoms with E-state index in [1.807, 2.05) is 36.4 Å². The summed E-state index contributed by atoms with van der Waals surface area (Å²) in [5, 5.41) is 9.05. The highest BCUT2D eigenvalue weighted by molar-refractivity contribution is 5.89. The number of benzene rings is 2. The maximum atomic E-state index is 11.0. The molecule has 0 spiro atoms. The summed E-state index contributed by atoms with van der Waals surface area (Å²) in [7, 11) is 0. The quantitative estimate of drug-likeness (QED) is 0.874. The lowest BCUT2D eigenvalue weighted by molar-refractivity contribution is 0.0697. The third kappa shape index (κ3) is 2.43. The van der Waals surface area contributed by atoms with Gasteiger partial charge in [0.15, 0.2) is 0 Å². The van der Waals surface area contributed by atoms with Gasteiger partial charge in [-0.1, -0.05) is 50.2 Å². The van der Waals surface area contributed by atoms with Crippen LogP contribution in [0.5, 0.6) is 0 Å². The maximum Gasteiger partial charge on any atom is 0.335 e. The molecule has 0 radical (unpaired) electrons. The van der Waals surface area contributed by atoms with Gasteiger partial charge < -0.3 is 5.11 Å². The van der Waals surface area contributed by atoms with Crippen molar-refractivity contribution in [1.29, 1.82) is 0 Å². The van der Waals surface area contributed by atoms with Crippen molar-refractivity contribution in [3.05, 3.63) is 59.7 Å². The maximum absolute atomic E-state index is 11.0. The van der Waals surface area contributed by atoms with Crippen molar-refractivity contribution in [2.24, 2.45) is 0 Å². The molecule has 0 unspecified atom stereocenters. The monoisotopic (exact) mass is 240 g/mol. The molecular weight excluding hydrogens is 224 g/mol. The molecular formula is C16H16O2. The Kier molecular flexibility index (Phi) is 3.47. The SMILES string of the molecule is CC(C)c1cc(C(=O)O)ccc1-c1ccccc1. The van der Waals surface area contributed by atoms with Gasteiger partial charge in [-0.05, 0) is 34.7 Å². The first-order valence-corrected chi connectivity index (χ1v) is 6.02. The lowest BCUT2D eigenvalue weighted by atomic mass is 9.91. The number of rotatable bonds is 3. The molecule has 0 aliphatic rings. The van der Waals surface area contributed by atoms with Gasteiger partial charge in [-0.3, -0.25) is 0 Å². The molecule has 0 saturated carbocycles. The third-order valence-corrected chi connectivity index (χ3v) is 3.01. The number of carboxylic acids is 1. The summed E-state index contributed by atoms with van der Waals surface area (Å²) in [6.07, 6.45) is 0. The minimum absolute atomic E-state index is 0.291. The molecule has 0 fully saturated rings. The minimum atomic E-state index is -0.878. The second-order valence-electron chi connectivity index (χ2n) is 4.63. The Morgan fingerprint density at radius 2 is 1.72 bits per heavy atom. The van der Waals surface area contributed by atoms with E-state index in [0.717, 1.165) is 16.7 Å². The summed E-state index contributed by atoms with van der Waals surface area (Å²) < 4.78 is 0. The van der Waals surface area contributed by atoms with Gasteiger partial charge in [-0.25, -0.2) is 4.79 Å². The lowest BCUT2D eigenvalue weighted by Gasteiger charge is -2.14. The van der Waals surface area contributed by atoms with E-state index in [9.17, 15) is 4.79 Å². The Labute approximate surface area is 107 Å². The fourth-order valence-corrected chi connectivity index (χ4v) is 2.05. The van der Waals surface area contributed by atoms with E-state index in [1.54, 1.807) is 12.1 Å². The largest absolute Gasteiger partial charge is 0.478 e. The van der Waals surface area contributed by atoms with Gasteiger partial charge >= 0.3 is 5.97 Å². The van der Waals surface area contributed by atoms with Crippen molar-refractivity contribution < 1.29 is 9.90 Å². The summed E-state index contributed by atoms with van der Waals surface area (Å²) in [5.74, 6) is -0.587. The molecule has 2 heteroatoms. The standard InChI is InChI=1S/C16H16O2/c1-11(2)15-10-13(16(17)18)8-9-14(15)12-6-4-3-5-7-12/h3-11H,1-2H3,(H,17,18). The first-order valence-electron chi connectivity index (χ1n) is 6.02. The topological polar surface area (TPSA) is 37.3 Å². The Balaban J connectivity index is 2.58. The van der Waals surface area contributed by atoms with Crippen LogP contribution in [0.25, 0.3) is 11.1 Å². The van der Waals surface area contributed by atoms with E-state index < -0.39 is 5.97 Å². The van der Waals surface area contributed by atoms with Crippen molar-refractivity contribution in [2.75, 3.05) is 0 Å². The summed E-state index contributed by atoms with van der Waals surface area (Å²) in [5.41, 5.74) is 3.65. The summed E-state index contributed by atoms with van der Waals surface area (Å²) in [4.78, 5) is 11.0. The van der Waals surface area contributed by atoms with E-state index >= 15 is 0 Å². The van der Waals surface area contributed by atoms with Gasteiger partial charge in [0.05, 0.1) is 5.56 Å². The Bertz CT molecular complexity index is 557. The Hall–Kier alpha value is -2.09. The molecule has 92 valence electrons. The lowest BCUT2D eigenvalue weighted by Crippen LogP contribution is -2.00. The van der Waals surface area contributed by atoms with Crippen LogP contribution in [0.3, 0.4) is 0 Å². The molecule has 2 nitrogen and oxygen atoms in total. The molecule has 1 N–H and O–H groups in total. The zero-order chi connectivity index (χ0) is 13.1. The zero-order valence-electron chi connectivity index (χ0n) is 10.6. The fourth-order valence-electron chi connectivity index (χ4n) is 2.05. The molecule has 0 amide bonds. The van der Waals surface area contributed by atoms with Crippen LogP contribution < -0.4 is 0 Å². The van der Waals surface area contributed by atoms with Gasteiger partial charge in [0, 0.05) is 0 Å². The molecule has 2 aromatic carbocycles. The highest BCUT2D eigenvalue weighted by Gasteiger charge is 2.12. The van der Waals surface area contributed by atoms with E-state index in [-0.39, 0.29) is 0 Å². The van der Waals surface area contributed by atoms with E-state index in [0.29, 0.717) is 11.5 Å². The third-order valence-electron chi connectivity index (χ3n) is 3.01. The zero-order valence-corrected chi connectivity index (χ0v) is 10.6. The van der Waals surface area contributed by atoms with Gasteiger partial charge in [-0.2, -0.15) is 0 Å². The predicted molar refractivity (Wildman–Crippen MR) is 72.9 cm³/mol. The van der Waals surface area contributed by atoms with Gasteiger partial charge in [-0.15, -0.1) is 0 Å². The van der Waals surface area contributed by atoms with E-state index in [4.69, 9.17) is 5.11 Å². The molecule has 0 aliphatic carbocycles. The molecule has 0 aliphatic heterocycles. The van der Waals surface area contributed by atoms with Crippen LogP contribution in [-0.2, 0) is 0 Å². The Morgan fingerprint density at radius 1 is 1.06 bits per heavy atom. The van der Waals surface area contributed by atoms with Crippen molar-refractivity contribution in [3.8, 4) is 11.1 Å².